The fraction of sp³-hybridized carbons (Fsp3) is 0.240. The summed E-state index contributed by atoms with van der Waals surface area (Å²) >= 11 is 0. The van der Waals surface area contributed by atoms with E-state index in [-0.39, 0.29) is 18.0 Å². The van der Waals surface area contributed by atoms with Gasteiger partial charge in [0.15, 0.2) is 0 Å². The lowest BCUT2D eigenvalue weighted by molar-refractivity contribution is -0.116. The zero-order valence-corrected chi connectivity index (χ0v) is 19.4. The number of benzene rings is 3. The van der Waals surface area contributed by atoms with E-state index in [9.17, 15) is 13.2 Å². The molecule has 3 aromatic carbocycles. The summed E-state index contributed by atoms with van der Waals surface area (Å²) in [5.41, 5.74) is 3.07. The predicted molar refractivity (Wildman–Crippen MR) is 126 cm³/mol. The number of aryl methyl sites for hydroxylation is 2. The minimum Gasteiger partial charge on any atom is -0.497 e. The zero-order valence-electron chi connectivity index (χ0n) is 18.5. The summed E-state index contributed by atoms with van der Waals surface area (Å²) in [6.07, 6.45) is 0.501. The highest BCUT2D eigenvalue weighted by molar-refractivity contribution is 7.89. The van der Waals surface area contributed by atoms with Crippen LogP contribution in [0.3, 0.4) is 0 Å². The van der Waals surface area contributed by atoms with Crippen molar-refractivity contribution in [2.75, 3.05) is 25.5 Å². The summed E-state index contributed by atoms with van der Waals surface area (Å²) < 4.78 is 33.4. The molecule has 168 valence electrons. The van der Waals surface area contributed by atoms with Crippen molar-refractivity contribution in [3.63, 3.8) is 0 Å². The third kappa shape index (κ3) is 5.96. The standard InChI is InChI=1S/C25H28N2O4S/c1-19-9-10-20(2)24(17-19)32(29,30)27(16-15-21-7-5-4-6-8-21)18-25(28)26-22-11-13-23(31-3)14-12-22/h4-14,17H,15-16,18H2,1-3H3,(H,26,28). The SMILES string of the molecule is COc1ccc(NC(=O)CN(CCc2ccccc2)S(=O)(=O)c2cc(C)ccc2C)cc1. The maximum Gasteiger partial charge on any atom is 0.243 e. The number of carbonyl (C=O) groups excluding carboxylic acids is 1. The quantitative estimate of drug-likeness (QED) is 0.528. The Balaban J connectivity index is 1.83. The summed E-state index contributed by atoms with van der Waals surface area (Å²) in [7, 11) is -2.30. The Morgan fingerprint density at radius 3 is 2.31 bits per heavy atom. The fourth-order valence-electron chi connectivity index (χ4n) is 3.34. The van der Waals surface area contributed by atoms with Gasteiger partial charge in [-0.2, -0.15) is 4.31 Å². The van der Waals surface area contributed by atoms with E-state index >= 15 is 0 Å². The number of hydrogen-bond acceptors (Lipinski definition) is 4. The van der Waals surface area contributed by atoms with Crippen molar-refractivity contribution in [2.45, 2.75) is 25.2 Å². The molecule has 0 radical (unpaired) electrons. The van der Waals surface area contributed by atoms with E-state index in [0.717, 1.165) is 11.1 Å². The van der Waals surface area contributed by atoms with E-state index < -0.39 is 15.9 Å². The number of sulfonamides is 1. The lowest BCUT2D eigenvalue weighted by atomic mass is 10.1. The predicted octanol–water partition coefficient (Wildman–Crippen LogP) is 4.18. The second kappa shape index (κ2) is 10.4. The largest absolute Gasteiger partial charge is 0.497 e. The lowest BCUT2D eigenvalue weighted by Gasteiger charge is -2.23. The van der Waals surface area contributed by atoms with E-state index in [0.29, 0.717) is 23.4 Å². The monoisotopic (exact) mass is 452 g/mol. The van der Waals surface area contributed by atoms with Gasteiger partial charge in [-0.1, -0.05) is 42.5 Å². The van der Waals surface area contributed by atoms with Crippen molar-refractivity contribution in [2.24, 2.45) is 0 Å². The van der Waals surface area contributed by atoms with Gasteiger partial charge in [-0.25, -0.2) is 8.42 Å². The molecule has 0 atom stereocenters. The summed E-state index contributed by atoms with van der Waals surface area (Å²) in [5, 5.41) is 2.77. The fourth-order valence-corrected chi connectivity index (χ4v) is 5.05. The van der Waals surface area contributed by atoms with Gasteiger partial charge in [-0.3, -0.25) is 4.79 Å². The Kier molecular flexibility index (Phi) is 7.66. The molecule has 6 nitrogen and oxygen atoms in total. The van der Waals surface area contributed by atoms with E-state index in [1.165, 1.54) is 4.31 Å². The van der Waals surface area contributed by atoms with E-state index in [1.54, 1.807) is 50.4 Å². The number of rotatable bonds is 9. The molecule has 0 aliphatic rings. The summed E-state index contributed by atoms with van der Waals surface area (Å²) in [5.74, 6) is 0.266. The molecule has 0 aromatic heterocycles. The van der Waals surface area contributed by atoms with E-state index in [1.807, 2.05) is 43.3 Å². The molecule has 0 unspecified atom stereocenters. The van der Waals surface area contributed by atoms with Crippen LogP contribution in [-0.2, 0) is 21.2 Å². The van der Waals surface area contributed by atoms with Crippen LogP contribution in [0.5, 0.6) is 5.75 Å². The van der Waals surface area contributed by atoms with Crippen molar-refractivity contribution < 1.29 is 17.9 Å². The van der Waals surface area contributed by atoms with Crippen molar-refractivity contribution in [3.8, 4) is 5.75 Å². The average molecular weight is 453 g/mol. The Morgan fingerprint density at radius 1 is 0.969 bits per heavy atom. The first-order chi connectivity index (χ1) is 15.3. The van der Waals surface area contributed by atoms with Gasteiger partial charge < -0.3 is 10.1 Å². The van der Waals surface area contributed by atoms with Crippen LogP contribution in [0.2, 0.25) is 0 Å². The lowest BCUT2D eigenvalue weighted by Crippen LogP contribution is -2.39. The highest BCUT2D eigenvalue weighted by atomic mass is 32.2. The molecule has 7 heteroatoms. The third-order valence-corrected chi connectivity index (χ3v) is 7.14. The number of amides is 1. The average Bonchev–Trinajstić information content (AvgIpc) is 2.79. The Morgan fingerprint density at radius 2 is 1.66 bits per heavy atom. The number of hydrogen-bond donors (Lipinski definition) is 1. The van der Waals surface area contributed by atoms with Crippen LogP contribution in [0.4, 0.5) is 5.69 Å². The molecule has 0 saturated heterocycles. The molecule has 1 N–H and O–H groups in total. The molecule has 0 saturated carbocycles. The van der Waals surface area contributed by atoms with Crippen molar-refractivity contribution >= 4 is 21.6 Å². The molecule has 3 rings (SSSR count). The van der Waals surface area contributed by atoms with Gasteiger partial charge >= 0.3 is 0 Å². The molecule has 0 heterocycles. The maximum absolute atomic E-state index is 13.5. The van der Waals surface area contributed by atoms with Crippen LogP contribution < -0.4 is 10.1 Å². The summed E-state index contributed by atoms with van der Waals surface area (Å²) in [4.78, 5) is 13.0. The van der Waals surface area contributed by atoms with Crippen molar-refractivity contribution in [1.82, 2.24) is 4.31 Å². The van der Waals surface area contributed by atoms with Gasteiger partial charge in [0.1, 0.15) is 5.75 Å². The van der Waals surface area contributed by atoms with Crippen LogP contribution in [0.15, 0.2) is 77.7 Å². The van der Waals surface area contributed by atoms with Crippen molar-refractivity contribution in [1.29, 1.82) is 0 Å². The van der Waals surface area contributed by atoms with E-state index in [2.05, 4.69) is 5.32 Å². The number of nitrogens with zero attached hydrogens (tertiary/aromatic N) is 1. The van der Waals surface area contributed by atoms with Gasteiger partial charge in [0.05, 0.1) is 18.6 Å². The molecule has 0 bridgehead atoms. The Labute approximate surface area is 189 Å². The van der Waals surface area contributed by atoms with Gasteiger partial charge in [-0.15, -0.1) is 0 Å². The summed E-state index contributed by atoms with van der Waals surface area (Å²) in [6.45, 7) is 3.52. The van der Waals surface area contributed by atoms with Crippen LogP contribution in [0.1, 0.15) is 16.7 Å². The molecular formula is C25H28N2O4S. The zero-order chi connectivity index (χ0) is 23.1. The number of nitrogens with one attached hydrogen (secondary N) is 1. The highest BCUT2D eigenvalue weighted by Crippen LogP contribution is 2.22. The molecule has 32 heavy (non-hydrogen) atoms. The molecule has 0 spiro atoms. The second-order valence-corrected chi connectivity index (χ2v) is 9.53. The normalized spacial score (nSPS) is 11.4. The van der Waals surface area contributed by atoms with Crippen LogP contribution >= 0.6 is 0 Å². The molecular weight excluding hydrogens is 424 g/mol. The first-order valence-corrected chi connectivity index (χ1v) is 11.8. The smallest absolute Gasteiger partial charge is 0.243 e. The van der Waals surface area contributed by atoms with Crippen LogP contribution in [0.25, 0.3) is 0 Å². The number of anilines is 1. The number of ether oxygens (including phenoxy) is 1. The Hall–Kier alpha value is -3.16. The number of methoxy groups -OCH3 is 1. The first kappa shape index (κ1) is 23.5. The molecule has 0 fully saturated rings. The molecule has 1 amide bonds. The summed E-state index contributed by atoms with van der Waals surface area (Å²) in [6, 6.07) is 21.8. The second-order valence-electron chi connectivity index (χ2n) is 7.62. The maximum atomic E-state index is 13.5. The van der Waals surface area contributed by atoms with Crippen LogP contribution in [0, 0.1) is 13.8 Å². The van der Waals surface area contributed by atoms with E-state index in [4.69, 9.17) is 4.74 Å². The topological polar surface area (TPSA) is 75.7 Å². The van der Waals surface area contributed by atoms with Gasteiger partial charge in [-0.05, 0) is 67.3 Å². The van der Waals surface area contributed by atoms with Gasteiger partial charge in [0, 0.05) is 12.2 Å². The third-order valence-electron chi connectivity index (χ3n) is 5.15. The minimum atomic E-state index is -3.87. The molecule has 3 aromatic rings. The van der Waals surface area contributed by atoms with Gasteiger partial charge in [0.2, 0.25) is 15.9 Å². The first-order valence-electron chi connectivity index (χ1n) is 10.3. The number of carbonyl (C=O) groups is 1. The molecule has 0 aliphatic carbocycles. The van der Waals surface area contributed by atoms with Crippen LogP contribution in [-0.4, -0.2) is 38.8 Å². The van der Waals surface area contributed by atoms with Gasteiger partial charge in [0.25, 0.3) is 0 Å². The Bertz CT molecular complexity index is 1160. The van der Waals surface area contributed by atoms with Crippen molar-refractivity contribution in [3.05, 3.63) is 89.5 Å². The minimum absolute atomic E-state index is 0.190. The highest BCUT2D eigenvalue weighted by Gasteiger charge is 2.28. The molecule has 0 aliphatic heterocycles.